The SMILES string of the molecule is FC(F)(F)c1cc(C2(C(F)(F)F)CN=C(c3ccc(CBr)c(Br)c3)C2)cc(C(F)(F)F)n1. The summed E-state index contributed by atoms with van der Waals surface area (Å²) in [5.74, 6) is 0. The number of hydrogen-bond donors (Lipinski definition) is 0. The van der Waals surface area contributed by atoms with Crippen molar-refractivity contribution in [1.29, 1.82) is 0 Å². The highest BCUT2D eigenvalue weighted by Gasteiger charge is 2.59. The van der Waals surface area contributed by atoms with E-state index in [1.54, 1.807) is 6.07 Å². The van der Waals surface area contributed by atoms with Gasteiger partial charge in [-0.3, -0.25) is 4.99 Å². The summed E-state index contributed by atoms with van der Waals surface area (Å²) >= 11 is 6.50. The molecule has 2 aromatic rings. The van der Waals surface area contributed by atoms with Crippen molar-refractivity contribution in [2.45, 2.75) is 35.7 Å². The molecular weight excluding hydrogens is 587 g/mol. The van der Waals surface area contributed by atoms with Gasteiger partial charge < -0.3 is 0 Å². The lowest BCUT2D eigenvalue weighted by atomic mass is 9.76. The number of hydrogen-bond acceptors (Lipinski definition) is 2. The molecule has 2 nitrogen and oxygen atoms in total. The Hall–Kier alpha value is -1.63. The molecule has 0 amide bonds. The van der Waals surface area contributed by atoms with Crippen LogP contribution in [0.3, 0.4) is 0 Å². The smallest absolute Gasteiger partial charge is 0.288 e. The highest BCUT2D eigenvalue weighted by molar-refractivity contribution is 9.10. The van der Waals surface area contributed by atoms with Crippen LogP contribution in [0.15, 0.2) is 39.8 Å². The van der Waals surface area contributed by atoms with Crippen molar-refractivity contribution in [3.63, 3.8) is 0 Å². The van der Waals surface area contributed by atoms with E-state index in [9.17, 15) is 39.5 Å². The number of rotatable bonds is 3. The first-order chi connectivity index (χ1) is 14.6. The van der Waals surface area contributed by atoms with E-state index in [1.165, 1.54) is 12.1 Å². The zero-order chi connectivity index (χ0) is 24.1. The quantitative estimate of drug-likeness (QED) is 0.266. The number of halogens is 11. The Balaban J connectivity index is 2.14. The fourth-order valence-electron chi connectivity index (χ4n) is 3.30. The molecule has 1 unspecified atom stereocenters. The van der Waals surface area contributed by atoms with Crippen LogP contribution in [0, 0.1) is 0 Å². The van der Waals surface area contributed by atoms with Gasteiger partial charge in [0.05, 0.1) is 6.54 Å². The van der Waals surface area contributed by atoms with Gasteiger partial charge in [0.25, 0.3) is 0 Å². The molecule has 0 aliphatic carbocycles. The largest absolute Gasteiger partial charge is 0.433 e. The van der Waals surface area contributed by atoms with E-state index in [1.807, 2.05) is 0 Å². The van der Waals surface area contributed by atoms with Gasteiger partial charge in [-0.05, 0) is 34.9 Å². The number of alkyl halides is 10. The fourth-order valence-corrected chi connectivity index (χ4v) is 4.68. The summed E-state index contributed by atoms with van der Waals surface area (Å²) in [6, 6.07) is 4.63. The molecule has 32 heavy (non-hydrogen) atoms. The van der Waals surface area contributed by atoms with Crippen LogP contribution in [0.5, 0.6) is 0 Å². The Morgan fingerprint density at radius 3 is 1.88 bits per heavy atom. The molecule has 2 heterocycles. The predicted octanol–water partition coefficient (Wildman–Crippen LogP) is 7.47. The molecule has 1 aromatic heterocycles. The minimum absolute atomic E-state index is 0.0189. The molecule has 0 radical (unpaired) electrons. The second kappa shape index (κ2) is 8.30. The minimum atomic E-state index is -5.37. The second-order valence-corrected chi connectivity index (χ2v) is 8.50. The molecule has 174 valence electrons. The Bertz CT molecular complexity index is 1030. The molecule has 1 aromatic carbocycles. The lowest BCUT2D eigenvalue weighted by molar-refractivity contribution is -0.185. The van der Waals surface area contributed by atoms with E-state index in [2.05, 4.69) is 41.8 Å². The summed E-state index contributed by atoms with van der Waals surface area (Å²) in [6.45, 7) is -1.05. The first-order valence-corrected chi connectivity index (χ1v) is 10.6. The highest BCUT2D eigenvalue weighted by atomic mass is 79.9. The van der Waals surface area contributed by atoms with Crippen molar-refractivity contribution in [3.05, 3.63) is 62.9 Å². The number of aromatic nitrogens is 1. The molecule has 0 fully saturated rings. The van der Waals surface area contributed by atoms with Crippen molar-refractivity contribution >= 4 is 37.6 Å². The lowest BCUT2D eigenvalue weighted by Gasteiger charge is -2.32. The average Bonchev–Trinajstić information content (AvgIpc) is 3.13. The predicted molar refractivity (Wildman–Crippen MR) is 105 cm³/mol. The van der Waals surface area contributed by atoms with Crippen LogP contribution in [0.25, 0.3) is 0 Å². The summed E-state index contributed by atoms with van der Waals surface area (Å²) in [5.41, 5.74) is -7.38. The van der Waals surface area contributed by atoms with Crippen LogP contribution in [0.2, 0.25) is 0 Å². The Labute approximate surface area is 192 Å². The van der Waals surface area contributed by atoms with E-state index in [-0.39, 0.29) is 23.4 Å². The van der Waals surface area contributed by atoms with Crippen LogP contribution >= 0.6 is 31.9 Å². The van der Waals surface area contributed by atoms with E-state index in [0.29, 0.717) is 9.80 Å². The third kappa shape index (κ3) is 4.68. The monoisotopic (exact) mass is 596 g/mol. The number of nitrogens with zero attached hydrogens (tertiary/aromatic N) is 2. The standard InChI is InChI=1S/C19H11Br2F9N2/c20-7-10-2-1-9(3-12(10)21)13-6-16(8-31-13,19(28,29)30)11-4-14(17(22,23)24)32-15(5-11)18(25,26)27/h1-5H,6-8H2. The van der Waals surface area contributed by atoms with Crippen LogP contribution in [-0.2, 0) is 23.1 Å². The molecule has 0 N–H and O–H groups in total. The van der Waals surface area contributed by atoms with Crippen LogP contribution in [0.4, 0.5) is 39.5 Å². The van der Waals surface area contributed by atoms with Gasteiger partial charge in [0.15, 0.2) is 0 Å². The average molecular weight is 598 g/mol. The Kier molecular flexibility index (Phi) is 6.48. The maximum atomic E-state index is 14.2. The summed E-state index contributed by atoms with van der Waals surface area (Å²) < 4.78 is 122. The molecular formula is C19H11Br2F9N2. The van der Waals surface area contributed by atoms with E-state index >= 15 is 0 Å². The zero-order valence-electron chi connectivity index (χ0n) is 15.6. The van der Waals surface area contributed by atoms with E-state index < -0.39 is 53.9 Å². The van der Waals surface area contributed by atoms with Crippen LogP contribution in [-0.4, -0.2) is 23.4 Å². The second-order valence-electron chi connectivity index (χ2n) is 7.08. The van der Waals surface area contributed by atoms with Gasteiger partial charge >= 0.3 is 18.5 Å². The van der Waals surface area contributed by atoms with Crippen LogP contribution in [0.1, 0.15) is 34.5 Å². The minimum Gasteiger partial charge on any atom is -0.288 e. The Morgan fingerprint density at radius 2 is 1.44 bits per heavy atom. The van der Waals surface area contributed by atoms with Crippen molar-refractivity contribution in [3.8, 4) is 0 Å². The number of benzene rings is 1. The van der Waals surface area contributed by atoms with E-state index in [0.717, 1.165) is 5.56 Å². The van der Waals surface area contributed by atoms with Gasteiger partial charge in [-0.15, -0.1) is 0 Å². The first kappa shape index (κ1) is 25.0. The zero-order valence-corrected chi connectivity index (χ0v) is 18.7. The number of pyridine rings is 1. The van der Waals surface area contributed by atoms with Gasteiger partial charge in [0.2, 0.25) is 0 Å². The first-order valence-electron chi connectivity index (χ1n) is 8.70. The van der Waals surface area contributed by atoms with Crippen molar-refractivity contribution < 1.29 is 39.5 Å². The summed E-state index contributed by atoms with van der Waals surface area (Å²) in [7, 11) is 0. The molecule has 0 saturated heterocycles. The maximum absolute atomic E-state index is 14.2. The molecule has 13 heteroatoms. The lowest BCUT2D eigenvalue weighted by Crippen LogP contribution is -2.44. The fraction of sp³-hybridized carbons (Fsp3) is 0.368. The molecule has 1 aliphatic heterocycles. The molecule has 0 bridgehead atoms. The van der Waals surface area contributed by atoms with Gasteiger partial charge in [0, 0.05) is 21.9 Å². The van der Waals surface area contributed by atoms with Gasteiger partial charge in [0.1, 0.15) is 16.8 Å². The third-order valence-electron chi connectivity index (χ3n) is 5.04. The highest BCUT2D eigenvalue weighted by Crippen LogP contribution is 2.49. The number of aliphatic imine (C=N–C) groups is 1. The molecule has 1 aliphatic rings. The van der Waals surface area contributed by atoms with Crippen molar-refractivity contribution in [2.24, 2.45) is 4.99 Å². The van der Waals surface area contributed by atoms with Crippen molar-refractivity contribution in [1.82, 2.24) is 4.98 Å². The molecule has 0 spiro atoms. The topological polar surface area (TPSA) is 25.2 Å². The van der Waals surface area contributed by atoms with Crippen molar-refractivity contribution in [2.75, 3.05) is 6.54 Å². The third-order valence-corrected chi connectivity index (χ3v) is 6.38. The summed E-state index contributed by atoms with van der Waals surface area (Å²) in [5, 5.41) is 0.449. The van der Waals surface area contributed by atoms with Crippen LogP contribution < -0.4 is 0 Å². The van der Waals surface area contributed by atoms with Gasteiger partial charge in [-0.25, -0.2) is 4.98 Å². The summed E-state index contributed by atoms with van der Waals surface area (Å²) in [4.78, 5) is 6.37. The van der Waals surface area contributed by atoms with E-state index in [4.69, 9.17) is 0 Å². The summed E-state index contributed by atoms with van der Waals surface area (Å²) in [6.07, 6.45) is -16.9. The van der Waals surface area contributed by atoms with Gasteiger partial charge in [-0.1, -0.05) is 44.0 Å². The maximum Gasteiger partial charge on any atom is 0.433 e. The molecule has 3 rings (SSSR count). The normalized spacial score (nSPS) is 19.9. The van der Waals surface area contributed by atoms with Gasteiger partial charge in [-0.2, -0.15) is 39.5 Å². The Morgan fingerprint density at radius 1 is 0.875 bits per heavy atom. The molecule has 0 saturated carbocycles. The molecule has 1 atom stereocenters.